The predicted molar refractivity (Wildman–Crippen MR) is 82.2 cm³/mol. The van der Waals surface area contributed by atoms with Crippen molar-refractivity contribution in [3.8, 4) is 0 Å². The van der Waals surface area contributed by atoms with Gasteiger partial charge >= 0.3 is 0 Å². The van der Waals surface area contributed by atoms with Crippen LogP contribution >= 0.6 is 0 Å². The highest BCUT2D eigenvalue weighted by atomic mass is 16.2. The molecule has 0 unspecified atom stereocenters. The molecule has 5 nitrogen and oxygen atoms in total. The average molecular weight is 288 g/mol. The van der Waals surface area contributed by atoms with Crippen LogP contribution < -0.4 is 5.32 Å². The first-order chi connectivity index (χ1) is 10.2. The summed E-state index contributed by atoms with van der Waals surface area (Å²) < 4.78 is 0. The highest BCUT2D eigenvalue weighted by Gasteiger charge is 2.36. The molecule has 114 valence electrons. The summed E-state index contributed by atoms with van der Waals surface area (Å²) >= 11 is 0. The van der Waals surface area contributed by atoms with Crippen LogP contribution in [0.15, 0.2) is 12.1 Å². The van der Waals surface area contributed by atoms with E-state index in [9.17, 15) is 4.79 Å². The van der Waals surface area contributed by atoms with Gasteiger partial charge in [0.05, 0.1) is 0 Å². The van der Waals surface area contributed by atoms with E-state index >= 15 is 0 Å². The van der Waals surface area contributed by atoms with Gasteiger partial charge in [-0.25, -0.2) is 0 Å². The van der Waals surface area contributed by atoms with Crippen molar-refractivity contribution in [3.05, 3.63) is 17.8 Å². The predicted octanol–water partition coefficient (Wildman–Crippen LogP) is 2.70. The zero-order chi connectivity index (χ0) is 14.7. The van der Waals surface area contributed by atoms with Crippen molar-refractivity contribution in [2.24, 2.45) is 5.41 Å². The molecule has 21 heavy (non-hydrogen) atoms. The molecule has 1 aromatic rings. The van der Waals surface area contributed by atoms with E-state index in [-0.39, 0.29) is 5.91 Å². The zero-order valence-electron chi connectivity index (χ0n) is 12.8. The van der Waals surface area contributed by atoms with Crippen molar-refractivity contribution in [1.82, 2.24) is 15.1 Å². The van der Waals surface area contributed by atoms with Crippen LogP contribution in [0.1, 0.15) is 55.4 Å². The number of hydrogen-bond donors (Lipinski definition) is 1. The molecule has 0 aromatic carbocycles. The summed E-state index contributed by atoms with van der Waals surface area (Å²) in [5.74, 6) is 0.710. The van der Waals surface area contributed by atoms with Crippen LogP contribution in [0.5, 0.6) is 0 Å². The van der Waals surface area contributed by atoms with Crippen LogP contribution in [0.25, 0.3) is 0 Å². The summed E-state index contributed by atoms with van der Waals surface area (Å²) in [4.78, 5) is 14.4. The summed E-state index contributed by atoms with van der Waals surface area (Å²) in [5.41, 5.74) is 0.977. The molecule has 2 aliphatic rings. The first-order valence-corrected chi connectivity index (χ1v) is 8.03. The Morgan fingerprint density at radius 1 is 1.10 bits per heavy atom. The number of likely N-dealkylation sites (tertiary alicyclic amines) is 1. The van der Waals surface area contributed by atoms with E-state index in [2.05, 4.69) is 15.5 Å². The largest absolute Gasteiger partial charge is 0.372 e. The molecule has 1 saturated carbocycles. The summed E-state index contributed by atoms with van der Waals surface area (Å²) in [6.45, 7) is 1.74. The Labute approximate surface area is 126 Å². The van der Waals surface area contributed by atoms with Crippen molar-refractivity contribution in [2.45, 2.75) is 44.9 Å². The lowest BCUT2D eigenvalue weighted by Crippen LogP contribution is -2.44. The van der Waals surface area contributed by atoms with Gasteiger partial charge in [-0.05, 0) is 43.2 Å². The molecule has 0 radical (unpaired) electrons. The number of anilines is 1. The van der Waals surface area contributed by atoms with Crippen LogP contribution in [-0.4, -0.2) is 41.1 Å². The molecule has 1 saturated heterocycles. The summed E-state index contributed by atoms with van der Waals surface area (Å²) in [5, 5.41) is 10.9. The third-order valence-electron chi connectivity index (χ3n) is 5.17. The average Bonchev–Trinajstić information content (AvgIpc) is 2.56. The third kappa shape index (κ3) is 3.01. The smallest absolute Gasteiger partial charge is 0.274 e. The molecule has 1 amide bonds. The van der Waals surface area contributed by atoms with Gasteiger partial charge in [0.2, 0.25) is 0 Å². The van der Waals surface area contributed by atoms with Crippen molar-refractivity contribution in [2.75, 3.05) is 25.5 Å². The quantitative estimate of drug-likeness (QED) is 0.909. The molecule has 1 spiro atoms. The Balaban J connectivity index is 1.61. The number of hydrogen-bond acceptors (Lipinski definition) is 4. The van der Waals surface area contributed by atoms with E-state index in [1.807, 2.05) is 4.90 Å². The minimum atomic E-state index is 0.0239. The number of nitrogens with one attached hydrogen (secondary N) is 1. The summed E-state index contributed by atoms with van der Waals surface area (Å²) in [6.07, 6.45) is 9.13. The lowest BCUT2D eigenvalue weighted by Gasteiger charge is -2.44. The Hall–Kier alpha value is -1.65. The molecule has 5 heteroatoms. The van der Waals surface area contributed by atoms with Gasteiger partial charge in [-0.3, -0.25) is 4.79 Å². The van der Waals surface area contributed by atoms with Gasteiger partial charge in [-0.2, -0.15) is 0 Å². The van der Waals surface area contributed by atoms with Crippen molar-refractivity contribution < 1.29 is 4.79 Å². The van der Waals surface area contributed by atoms with Crippen molar-refractivity contribution >= 4 is 11.7 Å². The van der Waals surface area contributed by atoms with Gasteiger partial charge in [-0.1, -0.05) is 19.3 Å². The molecule has 2 fully saturated rings. The van der Waals surface area contributed by atoms with E-state index in [0.29, 0.717) is 16.9 Å². The molecule has 0 atom stereocenters. The van der Waals surface area contributed by atoms with Gasteiger partial charge in [0.15, 0.2) is 5.69 Å². The maximum absolute atomic E-state index is 12.5. The molecule has 3 rings (SSSR count). The number of nitrogens with zero attached hydrogens (tertiary/aromatic N) is 3. The fraction of sp³-hybridized carbons (Fsp3) is 0.688. The molecule has 1 aromatic heterocycles. The Kier molecular flexibility index (Phi) is 4.08. The molecule has 1 aliphatic heterocycles. The van der Waals surface area contributed by atoms with E-state index in [4.69, 9.17) is 0 Å². The fourth-order valence-electron chi connectivity index (χ4n) is 3.73. The van der Waals surface area contributed by atoms with E-state index in [0.717, 1.165) is 25.9 Å². The lowest BCUT2D eigenvalue weighted by atomic mass is 9.68. The monoisotopic (exact) mass is 288 g/mol. The second kappa shape index (κ2) is 6.00. The highest BCUT2D eigenvalue weighted by Crippen LogP contribution is 2.44. The van der Waals surface area contributed by atoms with Gasteiger partial charge in [-0.15, -0.1) is 10.2 Å². The molecule has 0 bridgehead atoms. The summed E-state index contributed by atoms with van der Waals surface area (Å²) in [7, 11) is 1.79. The number of carbonyl (C=O) groups excluding carboxylic acids is 1. The lowest BCUT2D eigenvalue weighted by molar-refractivity contribution is 0.0466. The minimum absolute atomic E-state index is 0.0239. The Morgan fingerprint density at radius 2 is 1.81 bits per heavy atom. The van der Waals surface area contributed by atoms with E-state index in [1.54, 1.807) is 19.2 Å². The number of carbonyl (C=O) groups is 1. The Morgan fingerprint density at radius 3 is 2.38 bits per heavy atom. The fourth-order valence-corrected chi connectivity index (χ4v) is 3.73. The highest BCUT2D eigenvalue weighted by molar-refractivity contribution is 5.92. The number of piperidine rings is 1. The molecule has 1 N–H and O–H groups in total. The van der Waals surface area contributed by atoms with Crippen LogP contribution in [0.2, 0.25) is 0 Å². The SMILES string of the molecule is CNc1ccc(C(=O)N2CCC3(CCCCC3)CC2)nn1. The molecular formula is C16H24N4O. The van der Waals surface area contributed by atoms with Crippen molar-refractivity contribution in [1.29, 1.82) is 0 Å². The summed E-state index contributed by atoms with van der Waals surface area (Å²) in [6, 6.07) is 3.55. The second-order valence-electron chi connectivity index (χ2n) is 6.41. The third-order valence-corrected chi connectivity index (χ3v) is 5.17. The van der Waals surface area contributed by atoms with Gasteiger partial charge in [0, 0.05) is 20.1 Å². The maximum atomic E-state index is 12.5. The maximum Gasteiger partial charge on any atom is 0.274 e. The first kappa shape index (κ1) is 14.3. The normalized spacial score (nSPS) is 21.3. The first-order valence-electron chi connectivity index (χ1n) is 8.03. The van der Waals surface area contributed by atoms with Gasteiger partial charge < -0.3 is 10.2 Å². The standard InChI is InChI=1S/C16H24N4O/c1-17-14-6-5-13(18-19-14)15(21)20-11-9-16(10-12-20)7-3-2-4-8-16/h5-6H,2-4,7-12H2,1H3,(H,17,19). The Bertz CT molecular complexity index is 484. The number of aromatic nitrogens is 2. The van der Waals surface area contributed by atoms with E-state index in [1.165, 1.54) is 32.1 Å². The van der Waals surface area contributed by atoms with Gasteiger partial charge in [0.1, 0.15) is 5.82 Å². The van der Waals surface area contributed by atoms with E-state index < -0.39 is 0 Å². The second-order valence-corrected chi connectivity index (χ2v) is 6.41. The zero-order valence-corrected chi connectivity index (χ0v) is 12.8. The molecule has 1 aliphatic carbocycles. The van der Waals surface area contributed by atoms with Crippen molar-refractivity contribution in [3.63, 3.8) is 0 Å². The van der Waals surface area contributed by atoms with Crippen LogP contribution in [0, 0.1) is 5.41 Å². The topological polar surface area (TPSA) is 58.1 Å². The van der Waals surface area contributed by atoms with Crippen LogP contribution in [0.3, 0.4) is 0 Å². The number of rotatable bonds is 2. The molecule has 2 heterocycles. The van der Waals surface area contributed by atoms with Crippen LogP contribution in [0.4, 0.5) is 5.82 Å². The number of amides is 1. The minimum Gasteiger partial charge on any atom is -0.372 e. The molecular weight excluding hydrogens is 264 g/mol. The van der Waals surface area contributed by atoms with Gasteiger partial charge in [0.25, 0.3) is 5.91 Å². The van der Waals surface area contributed by atoms with Crippen LogP contribution in [-0.2, 0) is 0 Å².